The van der Waals surface area contributed by atoms with Crippen LogP contribution in [0.15, 0.2) is 0 Å². The topological polar surface area (TPSA) is 12.0 Å². The van der Waals surface area contributed by atoms with Gasteiger partial charge in [0.05, 0.1) is 0 Å². The van der Waals surface area contributed by atoms with Crippen LogP contribution in [0.2, 0.25) is 0 Å². The van der Waals surface area contributed by atoms with Crippen molar-refractivity contribution in [2.45, 2.75) is 72.8 Å². The molecule has 0 saturated heterocycles. The van der Waals surface area contributed by atoms with E-state index in [4.69, 9.17) is 0 Å². The van der Waals surface area contributed by atoms with E-state index in [2.05, 4.69) is 39.9 Å². The molecule has 0 radical (unpaired) electrons. The fourth-order valence-corrected chi connectivity index (χ4v) is 2.13. The maximum absolute atomic E-state index is 3.62. The predicted molar refractivity (Wildman–Crippen MR) is 70.2 cm³/mol. The molecule has 0 amide bonds. The van der Waals surface area contributed by atoms with E-state index in [0.717, 1.165) is 11.8 Å². The fraction of sp³-hybridized carbons (Fsp3) is 1.00. The van der Waals surface area contributed by atoms with Gasteiger partial charge in [-0.1, -0.05) is 47.0 Å². The minimum atomic E-state index is 0.696. The van der Waals surface area contributed by atoms with E-state index >= 15 is 0 Å². The zero-order valence-electron chi connectivity index (χ0n) is 11.5. The first kappa shape index (κ1) is 15.0. The van der Waals surface area contributed by atoms with Gasteiger partial charge in [-0.2, -0.15) is 0 Å². The summed E-state index contributed by atoms with van der Waals surface area (Å²) in [5.41, 5.74) is 0. The second kappa shape index (κ2) is 9.21. The first-order valence-electron chi connectivity index (χ1n) is 6.85. The summed E-state index contributed by atoms with van der Waals surface area (Å²) < 4.78 is 0. The van der Waals surface area contributed by atoms with Gasteiger partial charge in [0.1, 0.15) is 0 Å². The fourth-order valence-electron chi connectivity index (χ4n) is 2.13. The molecule has 2 unspecified atom stereocenters. The van der Waals surface area contributed by atoms with Crippen molar-refractivity contribution in [1.82, 2.24) is 5.32 Å². The van der Waals surface area contributed by atoms with Crippen LogP contribution in [0.25, 0.3) is 0 Å². The van der Waals surface area contributed by atoms with Gasteiger partial charge in [-0.15, -0.1) is 0 Å². The Bertz CT molecular complexity index is 131. The first-order chi connectivity index (χ1) is 7.11. The van der Waals surface area contributed by atoms with Gasteiger partial charge in [-0.25, -0.2) is 0 Å². The van der Waals surface area contributed by atoms with Crippen LogP contribution in [0.5, 0.6) is 0 Å². The van der Waals surface area contributed by atoms with E-state index in [9.17, 15) is 0 Å². The standard InChI is InChI=1S/C14H31N/c1-6-11-15-13(5)14(7-2)10-8-9-12(3)4/h12-15H,6-11H2,1-5H3. The zero-order valence-corrected chi connectivity index (χ0v) is 11.5. The predicted octanol–water partition coefficient (Wildman–Crippen LogP) is 4.23. The van der Waals surface area contributed by atoms with Gasteiger partial charge in [0.25, 0.3) is 0 Å². The Balaban J connectivity index is 3.69. The summed E-state index contributed by atoms with van der Waals surface area (Å²) in [7, 11) is 0. The van der Waals surface area contributed by atoms with Crippen molar-refractivity contribution < 1.29 is 0 Å². The summed E-state index contributed by atoms with van der Waals surface area (Å²) in [6, 6.07) is 0.696. The van der Waals surface area contributed by atoms with Crippen LogP contribution >= 0.6 is 0 Å². The van der Waals surface area contributed by atoms with Crippen molar-refractivity contribution in [1.29, 1.82) is 0 Å². The monoisotopic (exact) mass is 213 g/mol. The highest BCUT2D eigenvalue weighted by atomic mass is 14.9. The average molecular weight is 213 g/mol. The number of nitrogens with one attached hydrogen (secondary N) is 1. The van der Waals surface area contributed by atoms with E-state index in [0.29, 0.717) is 6.04 Å². The maximum Gasteiger partial charge on any atom is 0.00668 e. The van der Waals surface area contributed by atoms with Gasteiger partial charge in [0, 0.05) is 6.04 Å². The lowest BCUT2D eigenvalue weighted by atomic mass is 9.91. The van der Waals surface area contributed by atoms with E-state index in [1.807, 2.05) is 0 Å². The van der Waals surface area contributed by atoms with Crippen LogP contribution in [0.4, 0.5) is 0 Å². The molecule has 0 fully saturated rings. The molecule has 15 heavy (non-hydrogen) atoms. The Morgan fingerprint density at radius 3 is 2.13 bits per heavy atom. The van der Waals surface area contributed by atoms with Crippen LogP contribution in [0.3, 0.4) is 0 Å². The molecule has 1 heteroatoms. The van der Waals surface area contributed by atoms with Crippen LogP contribution in [0.1, 0.15) is 66.7 Å². The smallest absolute Gasteiger partial charge is 0.00668 e. The molecule has 0 saturated carbocycles. The Labute approximate surface area is 97.0 Å². The van der Waals surface area contributed by atoms with Gasteiger partial charge in [0.2, 0.25) is 0 Å². The van der Waals surface area contributed by atoms with Crippen molar-refractivity contribution in [2.75, 3.05) is 6.54 Å². The molecule has 0 spiro atoms. The molecule has 0 heterocycles. The summed E-state index contributed by atoms with van der Waals surface area (Å²) in [6.45, 7) is 12.7. The highest BCUT2D eigenvalue weighted by molar-refractivity contribution is 4.71. The van der Waals surface area contributed by atoms with Crippen LogP contribution < -0.4 is 5.32 Å². The second-order valence-corrected chi connectivity index (χ2v) is 5.24. The molecule has 0 rings (SSSR count). The van der Waals surface area contributed by atoms with E-state index in [1.165, 1.54) is 38.6 Å². The summed E-state index contributed by atoms with van der Waals surface area (Å²) in [5.74, 6) is 1.73. The van der Waals surface area contributed by atoms with E-state index in [1.54, 1.807) is 0 Å². The van der Waals surface area contributed by atoms with Crippen molar-refractivity contribution in [2.24, 2.45) is 11.8 Å². The SMILES string of the molecule is CCCNC(C)C(CC)CCCC(C)C. The number of hydrogen-bond donors (Lipinski definition) is 1. The molecule has 1 N–H and O–H groups in total. The van der Waals surface area contributed by atoms with Gasteiger partial charge in [-0.3, -0.25) is 0 Å². The first-order valence-corrected chi connectivity index (χ1v) is 6.85. The molecule has 0 aromatic heterocycles. The van der Waals surface area contributed by atoms with Crippen LogP contribution in [0, 0.1) is 11.8 Å². The highest BCUT2D eigenvalue weighted by Gasteiger charge is 2.14. The van der Waals surface area contributed by atoms with E-state index < -0.39 is 0 Å². The summed E-state index contributed by atoms with van der Waals surface area (Å²) in [6.07, 6.45) is 6.74. The third-order valence-electron chi connectivity index (χ3n) is 3.30. The molecule has 2 atom stereocenters. The molecular formula is C14H31N. The number of hydrogen-bond acceptors (Lipinski definition) is 1. The van der Waals surface area contributed by atoms with Crippen molar-refractivity contribution in [3.63, 3.8) is 0 Å². The zero-order chi connectivity index (χ0) is 11.7. The van der Waals surface area contributed by atoms with Crippen molar-refractivity contribution in [3.05, 3.63) is 0 Å². The quantitative estimate of drug-likeness (QED) is 0.604. The number of rotatable bonds is 9. The lowest BCUT2D eigenvalue weighted by molar-refractivity contribution is 0.327. The Hall–Kier alpha value is -0.0400. The minimum absolute atomic E-state index is 0.696. The third kappa shape index (κ3) is 7.84. The normalized spacial score (nSPS) is 15.6. The second-order valence-electron chi connectivity index (χ2n) is 5.24. The van der Waals surface area contributed by atoms with Gasteiger partial charge >= 0.3 is 0 Å². The molecule has 0 aliphatic carbocycles. The van der Waals surface area contributed by atoms with Crippen molar-refractivity contribution >= 4 is 0 Å². The van der Waals surface area contributed by atoms with Crippen LogP contribution in [-0.4, -0.2) is 12.6 Å². The molecule has 92 valence electrons. The van der Waals surface area contributed by atoms with Gasteiger partial charge in [-0.05, 0) is 38.1 Å². The molecule has 0 bridgehead atoms. The molecule has 0 aliphatic heterocycles. The summed E-state index contributed by atoms with van der Waals surface area (Å²) in [4.78, 5) is 0. The Morgan fingerprint density at radius 2 is 1.67 bits per heavy atom. The summed E-state index contributed by atoms with van der Waals surface area (Å²) in [5, 5.41) is 3.62. The third-order valence-corrected chi connectivity index (χ3v) is 3.30. The summed E-state index contributed by atoms with van der Waals surface area (Å²) >= 11 is 0. The van der Waals surface area contributed by atoms with E-state index in [-0.39, 0.29) is 0 Å². The van der Waals surface area contributed by atoms with Crippen LogP contribution in [-0.2, 0) is 0 Å². The molecule has 1 nitrogen and oxygen atoms in total. The highest BCUT2D eigenvalue weighted by Crippen LogP contribution is 2.18. The molecule has 0 aliphatic rings. The molecular weight excluding hydrogens is 182 g/mol. The average Bonchev–Trinajstić information content (AvgIpc) is 2.20. The molecule has 0 aromatic rings. The largest absolute Gasteiger partial charge is 0.314 e. The van der Waals surface area contributed by atoms with Gasteiger partial charge < -0.3 is 5.32 Å². The Kier molecular flexibility index (Phi) is 9.18. The molecule has 0 aromatic carbocycles. The Morgan fingerprint density at radius 1 is 1.00 bits per heavy atom. The maximum atomic E-state index is 3.62. The van der Waals surface area contributed by atoms with Gasteiger partial charge in [0.15, 0.2) is 0 Å². The lowest BCUT2D eigenvalue weighted by Gasteiger charge is -2.24. The lowest BCUT2D eigenvalue weighted by Crippen LogP contribution is -2.33. The van der Waals surface area contributed by atoms with Crippen molar-refractivity contribution in [3.8, 4) is 0 Å². The minimum Gasteiger partial charge on any atom is -0.314 e.